The van der Waals surface area contributed by atoms with Gasteiger partial charge in [0.15, 0.2) is 6.10 Å². The summed E-state index contributed by atoms with van der Waals surface area (Å²) in [7, 11) is 5.99. The molecule has 0 aliphatic carbocycles. The normalized spacial score (nSPS) is 13.1. The van der Waals surface area contributed by atoms with Crippen molar-refractivity contribution in [1.29, 1.82) is 0 Å². The SMILES string of the molecule is CC/C=C\C/C=C\C/C=C\C/C=C\C/C=C\C/C=C\CCCCCCCCCCCCC(=O)OC(COC(=O)CCCCCCCCCCCCCCCCCCCCCCCCCCCCCCC/C=C\C/C=C\CCCCCCC)COC(OCC[N+](C)(C)C)C(=O)O. The van der Waals surface area contributed by atoms with Gasteiger partial charge in [-0.1, -0.05) is 361 Å². The molecule has 0 radical (unpaired) electrons. The molecular weight excluding hydrogens is 1170 g/mol. The van der Waals surface area contributed by atoms with Crippen molar-refractivity contribution in [3.05, 3.63) is 97.2 Å². The van der Waals surface area contributed by atoms with Crippen LogP contribution < -0.4 is 0 Å². The third kappa shape index (κ3) is 77.4. The van der Waals surface area contributed by atoms with Gasteiger partial charge >= 0.3 is 17.9 Å². The zero-order valence-corrected chi connectivity index (χ0v) is 63.1. The van der Waals surface area contributed by atoms with Crippen LogP contribution in [-0.2, 0) is 33.3 Å². The molecule has 0 heterocycles. The molecule has 0 aromatic carbocycles. The van der Waals surface area contributed by atoms with Gasteiger partial charge in [-0.25, -0.2) is 4.79 Å². The van der Waals surface area contributed by atoms with Crippen LogP contribution >= 0.6 is 0 Å². The molecule has 2 unspecified atom stereocenters. The molecule has 0 bridgehead atoms. The molecule has 95 heavy (non-hydrogen) atoms. The Morgan fingerprint density at radius 1 is 0.326 bits per heavy atom. The van der Waals surface area contributed by atoms with Gasteiger partial charge in [-0.2, -0.15) is 0 Å². The number of unbranched alkanes of at least 4 members (excludes halogenated alkanes) is 44. The second kappa shape index (κ2) is 76.0. The lowest BCUT2D eigenvalue weighted by Gasteiger charge is -2.25. The third-order valence-electron chi connectivity index (χ3n) is 17.8. The molecule has 9 heteroatoms. The maximum Gasteiger partial charge on any atom is 0.361 e. The molecule has 2 atom stereocenters. The van der Waals surface area contributed by atoms with Crippen LogP contribution in [0.3, 0.4) is 0 Å². The number of carboxylic acid groups (broad SMARTS) is 1. The van der Waals surface area contributed by atoms with Gasteiger partial charge in [0.2, 0.25) is 0 Å². The van der Waals surface area contributed by atoms with E-state index in [2.05, 4.69) is 111 Å². The Bertz CT molecular complexity index is 1890. The fraction of sp³-hybridized carbons (Fsp3) is 0.779. The van der Waals surface area contributed by atoms with Gasteiger partial charge in [-0.15, -0.1) is 0 Å². The molecule has 0 rings (SSSR count). The smallest absolute Gasteiger partial charge is 0.361 e. The molecule has 9 nitrogen and oxygen atoms in total. The van der Waals surface area contributed by atoms with E-state index in [-0.39, 0.29) is 32.2 Å². The van der Waals surface area contributed by atoms with E-state index in [4.69, 9.17) is 18.9 Å². The minimum atomic E-state index is -1.52. The Hall–Kier alpha value is -3.79. The lowest BCUT2D eigenvalue weighted by Crippen LogP contribution is -2.40. The van der Waals surface area contributed by atoms with Gasteiger partial charge in [0.25, 0.3) is 6.29 Å². The van der Waals surface area contributed by atoms with Crippen molar-refractivity contribution in [3.8, 4) is 0 Å². The zero-order chi connectivity index (χ0) is 69.0. The number of aliphatic carboxylic acids is 1. The van der Waals surface area contributed by atoms with E-state index in [9.17, 15) is 19.5 Å². The van der Waals surface area contributed by atoms with Crippen molar-refractivity contribution in [1.82, 2.24) is 0 Å². The monoisotopic (exact) mass is 1330 g/mol. The van der Waals surface area contributed by atoms with Gasteiger partial charge < -0.3 is 28.5 Å². The molecule has 0 spiro atoms. The van der Waals surface area contributed by atoms with E-state index >= 15 is 0 Å². The molecule has 0 aromatic rings. The number of likely N-dealkylation sites (N-methyl/N-ethyl adjacent to an activating group) is 1. The summed E-state index contributed by atoms with van der Waals surface area (Å²) >= 11 is 0. The molecule has 0 amide bonds. The van der Waals surface area contributed by atoms with Gasteiger partial charge in [0.05, 0.1) is 34.4 Å². The number of rotatable bonds is 75. The number of esters is 2. The maximum atomic E-state index is 13.0. The molecule has 0 saturated heterocycles. The quantitative estimate of drug-likeness (QED) is 0.0211. The van der Waals surface area contributed by atoms with Crippen molar-refractivity contribution < 1.29 is 42.9 Å². The van der Waals surface area contributed by atoms with Gasteiger partial charge in [-0.05, 0) is 96.3 Å². The van der Waals surface area contributed by atoms with E-state index in [0.29, 0.717) is 23.9 Å². The fourth-order valence-electron chi connectivity index (χ4n) is 11.7. The van der Waals surface area contributed by atoms with E-state index in [1.807, 2.05) is 21.1 Å². The number of nitrogens with zero attached hydrogens (tertiary/aromatic N) is 1. The molecule has 1 N–H and O–H groups in total. The number of ether oxygens (including phenoxy) is 4. The first-order valence-corrected chi connectivity index (χ1v) is 40.4. The number of carbonyl (C=O) groups is 3. The van der Waals surface area contributed by atoms with Gasteiger partial charge in [0.1, 0.15) is 13.2 Å². The van der Waals surface area contributed by atoms with Crippen molar-refractivity contribution in [2.24, 2.45) is 0 Å². The van der Waals surface area contributed by atoms with Crippen LogP contribution in [0.4, 0.5) is 0 Å². The van der Waals surface area contributed by atoms with Crippen molar-refractivity contribution in [2.45, 2.75) is 386 Å². The summed E-state index contributed by atoms with van der Waals surface area (Å²) in [5.74, 6) is -2.00. The van der Waals surface area contributed by atoms with Crippen LogP contribution in [0.1, 0.15) is 373 Å². The van der Waals surface area contributed by atoms with Crippen LogP contribution in [0.5, 0.6) is 0 Å². The number of hydrogen-bond acceptors (Lipinski definition) is 7. The minimum Gasteiger partial charge on any atom is -0.477 e. The minimum absolute atomic E-state index is 0.184. The van der Waals surface area contributed by atoms with Crippen LogP contribution in [-0.4, -0.2) is 87.4 Å². The topological polar surface area (TPSA) is 108 Å². The standard InChI is InChI=1S/C86H153NO8/c1-6-8-10-12-14-16-18-20-22-24-26-28-30-32-34-36-37-38-39-40-41-42-43-44-45-46-47-49-50-52-54-56-58-60-62-64-66-68-70-72-74-76-83(88)93-80-82(81-94-86(85(90)91)92-79-78-87(3,4)5)95-84(89)77-75-73-71-69-67-65-63-61-59-57-55-53-51-48-35-33-31-29-27-25-23-21-19-17-15-13-11-9-7-2/h9,11,15,17-18,20-21,23-24,26-27,29,33,35,51,53,82,86H,6-8,10,12-14,16,19,22,25,28,30-32,34,36-50,52,54-81H2,1-5H3/p+1/b11-9-,17-15-,20-18-,23-21-,26-24-,29-27-,35-33-,53-51-. The van der Waals surface area contributed by atoms with E-state index in [1.165, 1.54) is 250 Å². The lowest BCUT2D eigenvalue weighted by molar-refractivity contribution is -0.870. The lowest BCUT2D eigenvalue weighted by atomic mass is 10.0. The summed E-state index contributed by atoms with van der Waals surface area (Å²) in [5.41, 5.74) is 0. The zero-order valence-electron chi connectivity index (χ0n) is 63.1. The second-order valence-electron chi connectivity index (χ2n) is 28.3. The van der Waals surface area contributed by atoms with E-state index in [0.717, 1.165) is 89.9 Å². The predicted octanol–water partition coefficient (Wildman–Crippen LogP) is 25.9. The second-order valence-corrected chi connectivity index (χ2v) is 28.3. The summed E-state index contributed by atoms with van der Waals surface area (Å²) in [6.45, 7) is 4.79. The van der Waals surface area contributed by atoms with Crippen molar-refractivity contribution >= 4 is 17.9 Å². The van der Waals surface area contributed by atoms with Crippen molar-refractivity contribution in [3.63, 3.8) is 0 Å². The summed E-state index contributed by atoms with van der Waals surface area (Å²) in [4.78, 5) is 37.7. The Morgan fingerprint density at radius 3 is 0.895 bits per heavy atom. The number of quaternary nitrogens is 1. The van der Waals surface area contributed by atoms with Gasteiger partial charge in [-0.3, -0.25) is 9.59 Å². The third-order valence-corrected chi connectivity index (χ3v) is 17.8. The largest absolute Gasteiger partial charge is 0.477 e. The molecular formula is C86H154NO8+. The summed E-state index contributed by atoms with van der Waals surface area (Å²) in [5, 5.41) is 9.77. The maximum absolute atomic E-state index is 13.0. The highest BCUT2D eigenvalue weighted by atomic mass is 16.7. The van der Waals surface area contributed by atoms with Crippen LogP contribution in [0.15, 0.2) is 97.2 Å². The Kier molecular flexibility index (Phi) is 72.9. The predicted molar refractivity (Wildman–Crippen MR) is 410 cm³/mol. The summed E-state index contributed by atoms with van der Waals surface area (Å²) in [6.07, 6.45) is 103. The highest BCUT2D eigenvalue weighted by Crippen LogP contribution is 2.19. The van der Waals surface area contributed by atoms with E-state index in [1.54, 1.807) is 0 Å². The highest BCUT2D eigenvalue weighted by molar-refractivity contribution is 5.71. The summed E-state index contributed by atoms with van der Waals surface area (Å²) in [6, 6.07) is 0. The Labute approximate surface area is 588 Å². The van der Waals surface area contributed by atoms with Crippen LogP contribution in [0, 0.1) is 0 Å². The first-order valence-electron chi connectivity index (χ1n) is 40.4. The number of carboxylic acids is 1. The molecule has 0 aliphatic heterocycles. The van der Waals surface area contributed by atoms with Crippen LogP contribution in [0.2, 0.25) is 0 Å². The Balaban J connectivity index is 3.97. The molecule has 0 aliphatic rings. The summed E-state index contributed by atoms with van der Waals surface area (Å²) < 4.78 is 23.0. The molecule has 0 saturated carbocycles. The highest BCUT2D eigenvalue weighted by Gasteiger charge is 2.25. The number of allylic oxidation sites excluding steroid dienone is 16. The molecule has 0 fully saturated rings. The van der Waals surface area contributed by atoms with Gasteiger partial charge in [0, 0.05) is 12.8 Å². The first-order chi connectivity index (χ1) is 46.6. The average molecular weight is 1330 g/mol. The molecule has 550 valence electrons. The van der Waals surface area contributed by atoms with Crippen molar-refractivity contribution in [2.75, 3.05) is 47.5 Å². The Morgan fingerprint density at radius 2 is 0.600 bits per heavy atom. The number of hydrogen-bond donors (Lipinski definition) is 1. The van der Waals surface area contributed by atoms with E-state index < -0.39 is 24.3 Å². The number of carbonyl (C=O) groups excluding carboxylic acids is 2. The fourth-order valence-corrected chi connectivity index (χ4v) is 11.7. The average Bonchev–Trinajstić information content (AvgIpc) is 2.86. The van der Waals surface area contributed by atoms with Crippen LogP contribution in [0.25, 0.3) is 0 Å². The molecule has 0 aromatic heterocycles. The first kappa shape index (κ1) is 91.2.